The van der Waals surface area contributed by atoms with Gasteiger partial charge in [0.05, 0.1) is 18.7 Å². The lowest BCUT2D eigenvalue weighted by atomic mass is 10.2. The quantitative estimate of drug-likeness (QED) is 0.859. The normalized spacial score (nSPS) is 11.9. The second kappa shape index (κ2) is 6.02. The Labute approximate surface area is 102 Å². The van der Waals surface area contributed by atoms with Gasteiger partial charge in [-0.1, -0.05) is 17.7 Å². The number of rotatable bonds is 4. The van der Waals surface area contributed by atoms with E-state index < -0.39 is 0 Å². The standard InChI is InChI=1S/C13H17N3O/c1-10-4-6-12(7-5-10)15-13(17)9-16(3)11(2)8-14/h4-7,11H,9H2,1-3H3,(H,15,17)/t11-/m1/s1. The summed E-state index contributed by atoms with van der Waals surface area (Å²) in [5.74, 6) is -0.113. The molecule has 0 fully saturated rings. The summed E-state index contributed by atoms with van der Waals surface area (Å²) in [7, 11) is 1.75. The van der Waals surface area contributed by atoms with E-state index in [2.05, 4.69) is 11.4 Å². The number of aryl methyl sites for hydroxylation is 1. The number of anilines is 1. The van der Waals surface area contributed by atoms with Crippen LogP contribution in [0.3, 0.4) is 0 Å². The van der Waals surface area contributed by atoms with Gasteiger partial charge in [0.25, 0.3) is 0 Å². The molecule has 1 aromatic rings. The van der Waals surface area contributed by atoms with Crippen LogP contribution in [-0.4, -0.2) is 30.4 Å². The molecule has 4 heteroatoms. The number of carbonyl (C=O) groups is 1. The number of amides is 1. The molecular weight excluding hydrogens is 214 g/mol. The SMILES string of the molecule is Cc1ccc(NC(=O)CN(C)[C@H](C)C#N)cc1. The van der Waals surface area contributed by atoms with Gasteiger partial charge in [-0.25, -0.2) is 0 Å². The maximum Gasteiger partial charge on any atom is 0.238 e. The average Bonchev–Trinajstić information content (AvgIpc) is 2.30. The number of nitrogens with one attached hydrogen (secondary N) is 1. The summed E-state index contributed by atoms with van der Waals surface area (Å²) in [4.78, 5) is 13.4. The molecule has 1 rings (SSSR count). The molecule has 0 radical (unpaired) electrons. The van der Waals surface area contributed by atoms with Crippen LogP contribution in [-0.2, 0) is 4.79 Å². The van der Waals surface area contributed by atoms with Gasteiger partial charge in [-0.15, -0.1) is 0 Å². The molecule has 1 aromatic carbocycles. The van der Waals surface area contributed by atoms with Gasteiger partial charge in [-0.2, -0.15) is 5.26 Å². The van der Waals surface area contributed by atoms with Crippen molar-refractivity contribution in [2.24, 2.45) is 0 Å². The lowest BCUT2D eigenvalue weighted by Crippen LogP contribution is -2.35. The van der Waals surface area contributed by atoms with Crippen molar-refractivity contribution in [1.82, 2.24) is 4.90 Å². The Balaban J connectivity index is 2.50. The molecule has 0 saturated heterocycles. The third-order valence-corrected chi connectivity index (χ3v) is 2.58. The summed E-state index contributed by atoms with van der Waals surface area (Å²) in [6, 6.07) is 9.43. The van der Waals surface area contributed by atoms with E-state index in [1.54, 1.807) is 18.9 Å². The maximum absolute atomic E-state index is 11.7. The van der Waals surface area contributed by atoms with Crippen LogP contribution in [0.25, 0.3) is 0 Å². The van der Waals surface area contributed by atoms with Gasteiger partial charge in [-0.05, 0) is 33.0 Å². The lowest BCUT2D eigenvalue weighted by Gasteiger charge is -2.18. The maximum atomic E-state index is 11.7. The van der Waals surface area contributed by atoms with Crippen LogP contribution in [0, 0.1) is 18.3 Å². The first-order valence-corrected chi connectivity index (χ1v) is 5.49. The largest absolute Gasteiger partial charge is 0.325 e. The molecule has 0 aliphatic heterocycles. The van der Waals surface area contributed by atoms with Crippen LogP contribution in [0.5, 0.6) is 0 Å². The van der Waals surface area contributed by atoms with Crippen LogP contribution in [0.15, 0.2) is 24.3 Å². The smallest absolute Gasteiger partial charge is 0.238 e. The third-order valence-electron chi connectivity index (χ3n) is 2.58. The molecular formula is C13H17N3O. The Kier molecular flexibility index (Phi) is 4.68. The second-order valence-electron chi connectivity index (χ2n) is 4.13. The van der Waals surface area contributed by atoms with Crippen molar-refractivity contribution in [2.75, 3.05) is 18.9 Å². The van der Waals surface area contributed by atoms with E-state index in [0.29, 0.717) is 0 Å². The van der Waals surface area contributed by atoms with E-state index in [1.165, 1.54) is 0 Å². The first kappa shape index (κ1) is 13.2. The predicted molar refractivity (Wildman–Crippen MR) is 67.5 cm³/mol. The van der Waals surface area contributed by atoms with Crippen LogP contribution in [0.1, 0.15) is 12.5 Å². The topological polar surface area (TPSA) is 56.1 Å². The molecule has 4 nitrogen and oxygen atoms in total. The molecule has 17 heavy (non-hydrogen) atoms. The van der Waals surface area contributed by atoms with Crippen molar-refractivity contribution in [3.05, 3.63) is 29.8 Å². The third kappa shape index (κ3) is 4.25. The number of likely N-dealkylation sites (N-methyl/N-ethyl adjacent to an activating group) is 1. The van der Waals surface area contributed by atoms with Gasteiger partial charge < -0.3 is 5.32 Å². The van der Waals surface area contributed by atoms with Crippen LogP contribution in [0.4, 0.5) is 5.69 Å². The highest BCUT2D eigenvalue weighted by molar-refractivity contribution is 5.92. The predicted octanol–water partition coefficient (Wildman–Crippen LogP) is 1.78. The van der Waals surface area contributed by atoms with Gasteiger partial charge >= 0.3 is 0 Å². The van der Waals surface area contributed by atoms with Crippen LogP contribution >= 0.6 is 0 Å². The summed E-state index contributed by atoms with van der Waals surface area (Å²) in [6.45, 7) is 3.97. The van der Waals surface area contributed by atoms with Crippen LogP contribution < -0.4 is 5.32 Å². The molecule has 0 aliphatic rings. The fourth-order valence-corrected chi connectivity index (χ4v) is 1.30. The lowest BCUT2D eigenvalue weighted by molar-refractivity contribution is -0.117. The zero-order valence-electron chi connectivity index (χ0n) is 10.4. The van der Waals surface area contributed by atoms with Crippen molar-refractivity contribution in [3.63, 3.8) is 0 Å². The van der Waals surface area contributed by atoms with Gasteiger partial charge in [0.2, 0.25) is 5.91 Å². The Morgan fingerprint density at radius 1 is 1.47 bits per heavy atom. The van der Waals surface area contributed by atoms with Gasteiger partial charge in [-0.3, -0.25) is 9.69 Å². The zero-order valence-corrected chi connectivity index (χ0v) is 10.4. The van der Waals surface area contributed by atoms with Crippen LogP contribution in [0.2, 0.25) is 0 Å². The number of benzene rings is 1. The number of nitriles is 1. The van der Waals surface area contributed by atoms with E-state index >= 15 is 0 Å². The first-order chi connectivity index (χ1) is 8.02. The molecule has 0 aliphatic carbocycles. The molecule has 90 valence electrons. The Morgan fingerprint density at radius 2 is 2.06 bits per heavy atom. The molecule has 1 N–H and O–H groups in total. The van der Waals surface area contributed by atoms with Crippen molar-refractivity contribution >= 4 is 11.6 Å². The fraction of sp³-hybridized carbons (Fsp3) is 0.385. The first-order valence-electron chi connectivity index (χ1n) is 5.49. The van der Waals surface area contributed by atoms with Crippen molar-refractivity contribution in [1.29, 1.82) is 5.26 Å². The van der Waals surface area contributed by atoms with E-state index in [0.717, 1.165) is 11.3 Å². The van der Waals surface area contributed by atoms with Crippen molar-refractivity contribution in [2.45, 2.75) is 19.9 Å². The number of hydrogen-bond donors (Lipinski definition) is 1. The summed E-state index contributed by atoms with van der Waals surface area (Å²) in [5.41, 5.74) is 1.93. The number of hydrogen-bond acceptors (Lipinski definition) is 3. The van der Waals surface area contributed by atoms with Crippen molar-refractivity contribution in [3.8, 4) is 6.07 Å². The molecule has 0 bridgehead atoms. The van der Waals surface area contributed by atoms with Gasteiger partial charge in [0.15, 0.2) is 0 Å². The minimum absolute atomic E-state index is 0.113. The fourth-order valence-electron chi connectivity index (χ4n) is 1.30. The average molecular weight is 231 g/mol. The minimum Gasteiger partial charge on any atom is -0.325 e. The molecule has 0 heterocycles. The highest BCUT2D eigenvalue weighted by atomic mass is 16.2. The summed E-state index contributed by atoms with van der Waals surface area (Å²) in [5, 5.41) is 11.5. The number of nitrogens with zero attached hydrogens (tertiary/aromatic N) is 2. The summed E-state index contributed by atoms with van der Waals surface area (Å²) < 4.78 is 0. The van der Waals surface area contributed by atoms with Gasteiger partial charge in [0, 0.05) is 5.69 Å². The van der Waals surface area contributed by atoms with Crippen molar-refractivity contribution < 1.29 is 4.79 Å². The highest BCUT2D eigenvalue weighted by Gasteiger charge is 2.11. The molecule has 0 unspecified atom stereocenters. The highest BCUT2D eigenvalue weighted by Crippen LogP contribution is 2.08. The zero-order chi connectivity index (χ0) is 12.8. The molecule has 1 atom stereocenters. The molecule has 0 spiro atoms. The summed E-state index contributed by atoms with van der Waals surface area (Å²) in [6.07, 6.45) is 0. The van der Waals surface area contributed by atoms with E-state index in [1.807, 2.05) is 31.2 Å². The van der Waals surface area contributed by atoms with E-state index in [9.17, 15) is 4.79 Å². The second-order valence-corrected chi connectivity index (χ2v) is 4.13. The monoisotopic (exact) mass is 231 g/mol. The van der Waals surface area contributed by atoms with E-state index in [4.69, 9.17) is 5.26 Å². The molecule has 0 saturated carbocycles. The summed E-state index contributed by atoms with van der Waals surface area (Å²) >= 11 is 0. The van der Waals surface area contributed by atoms with E-state index in [-0.39, 0.29) is 18.5 Å². The Bertz CT molecular complexity index is 419. The van der Waals surface area contributed by atoms with Gasteiger partial charge in [0.1, 0.15) is 0 Å². The molecule has 0 aromatic heterocycles. The Morgan fingerprint density at radius 3 is 2.59 bits per heavy atom. The number of carbonyl (C=O) groups excluding carboxylic acids is 1. The Hall–Kier alpha value is -1.86. The molecule has 1 amide bonds. The minimum atomic E-state index is -0.265.